The van der Waals surface area contributed by atoms with Gasteiger partial charge in [0, 0.05) is 16.6 Å². The molecule has 5 nitrogen and oxygen atoms in total. The summed E-state index contributed by atoms with van der Waals surface area (Å²) in [5.74, 6) is -0.332. The minimum absolute atomic E-state index is 0.178. The molecule has 0 fully saturated rings. The maximum atomic E-state index is 13.3. The molecule has 0 saturated carbocycles. The van der Waals surface area contributed by atoms with Crippen molar-refractivity contribution < 1.29 is 18.7 Å². The molecule has 2 aromatic carbocycles. The Morgan fingerprint density at radius 2 is 1.81 bits per heavy atom. The third-order valence-electron chi connectivity index (χ3n) is 4.64. The summed E-state index contributed by atoms with van der Waals surface area (Å²) in [6, 6.07) is 10.7. The average Bonchev–Trinajstić information content (AvgIpc) is 2.68. The van der Waals surface area contributed by atoms with Crippen LogP contribution in [0.15, 0.2) is 46.9 Å². The van der Waals surface area contributed by atoms with Crippen LogP contribution in [0.3, 0.4) is 0 Å². The van der Waals surface area contributed by atoms with Crippen molar-refractivity contribution in [3.05, 3.63) is 63.9 Å². The van der Waals surface area contributed by atoms with E-state index in [2.05, 4.69) is 21.2 Å². The third kappa shape index (κ3) is 7.65. The minimum atomic E-state index is -0.674. The van der Waals surface area contributed by atoms with Gasteiger partial charge in [-0.05, 0) is 75.6 Å². The largest absolute Gasteiger partial charge is 0.484 e. The summed E-state index contributed by atoms with van der Waals surface area (Å²) in [5, 5.41) is 2.95. The number of nitrogens with zero attached hydrogens (tertiary/aromatic N) is 1. The number of aryl methyl sites for hydroxylation is 1. The number of rotatable bonds is 8. The van der Waals surface area contributed by atoms with Gasteiger partial charge in [-0.3, -0.25) is 9.59 Å². The van der Waals surface area contributed by atoms with Gasteiger partial charge >= 0.3 is 0 Å². The Labute approximate surface area is 192 Å². The van der Waals surface area contributed by atoms with Crippen LogP contribution in [0.25, 0.3) is 0 Å². The molecule has 0 aromatic heterocycles. The monoisotopic (exact) mass is 492 g/mol. The summed E-state index contributed by atoms with van der Waals surface area (Å²) >= 11 is 3.44. The molecule has 2 amide bonds. The van der Waals surface area contributed by atoms with Gasteiger partial charge in [0.2, 0.25) is 5.91 Å². The Balaban J connectivity index is 2.23. The van der Waals surface area contributed by atoms with Crippen molar-refractivity contribution in [1.29, 1.82) is 0 Å². The fourth-order valence-electron chi connectivity index (χ4n) is 3.09. The van der Waals surface area contributed by atoms with Gasteiger partial charge in [-0.25, -0.2) is 4.39 Å². The van der Waals surface area contributed by atoms with Gasteiger partial charge < -0.3 is 15.0 Å². The summed E-state index contributed by atoms with van der Waals surface area (Å²) in [5.41, 5.74) is 1.29. The number of benzene rings is 2. The first kappa shape index (κ1) is 24.9. The molecule has 7 heteroatoms. The highest BCUT2D eigenvalue weighted by Gasteiger charge is 2.30. The number of hydrogen-bond acceptors (Lipinski definition) is 3. The van der Waals surface area contributed by atoms with Crippen LogP contribution >= 0.6 is 15.9 Å². The van der Waals surface area contributed by atoms with Gasteiger partial charge in [0.05, 0.1) is 0 Å². The lowest BCUT2D eigenvalue weighted by Gasteiger charge is -2.33. The van der Waals surface area contributed by atoms with E-state index in [-0.39, 0.29) is 30.8 Å². The number of carbonyl (C=O) groups excluding carboxylic acids is 2. The lowest BCUT2D eigenvalue weighted by molar-refractivity contribution is -0.143. The molecular weight excluding hydrogens is 463 g/mol. The number of nitrogens with one attached hydrogen (secondary N) is 1. The van der Waals surface area contributed by atoms with Crippen LogP contribution in [0.4, 0.5) is 4.39 Å². The smallest absolute Gasteiger partial charge is 0.261 e. The van der Waals surface area contributed by atoms with Crippen LogP contribution in [0.1, 0.15) is 45.2 Å². The zero-order valence-electron chi connectivity index (χ0n) is 18.7. The quantitative estimate of drug-likeness (QED) is 0.564. The zero-order valence-corrected chi connectivity index (χ0v) is 20.3. The van der Waals surface area contributed by atoms with Gasteiger partial charge in [0.25, 0.3) is 5.91 Å². The Bertz CT molecular complexity index is 910. The second-order valence-corrected chi connectivity index (χ2v) is 9.37. The maximum Gasteiger partial charge on any atom is 0.261 e. The van der Waals surface area contributed by atoms with Crippen molar-refractivity contribution in [3.63, 3.8) is 0 Å². The van der Waals surface area contributed by atoms with E-state index >= 15 is 0 Å². The average molecular weight is 493 g/mol. The van der Waals surface area contributed by atoms with Crippen molar-refractivity contribution >= 4 is 27.7 Å². The maximum absolute atomic E-state index is 13.3. The van der Waals surface area contributed by atoms with Crippen molar-refractivity contribution in [2.24, 2.45) is 0 Å². The first-order valence-corrected chi connectivity index (χ1v) is 11.0. The van der Waals surface area contributed by atoms with E-state index in [9.17, 15) is 14.0 Å². The highest BCUT2D eigenvalue weighted by Crippen LogP contribution is 2.22. The number of carbonyl (C=O) groups is 2. The molecule has 31 heavy (non-hydrogen) atoms. The first-order chi connectivity index (χ1) is 14.5. The molecule has 1 N–H and O–H groups in total. The lowest BCUT2D eigenvalue weighted by atomic mass is 10.1. The Hall–Kier alpha value is -2.41. The first-order valence-electron chi connectivity index (χ1n) is 10.2. The Morgan fingerprint density at radius 1 is 1.16 bits per heavy atom. The highest BCUT2D eigenvalue weighted by atomic mass is 79.9. The van der Waals surface area contributed by atoms with E-state index in [4.69, 9.17) is 4.74 Å². The lowest BCUT2D eigenvalue weighted by Crippen LogP contribution is -2.54. The standard InChI is InChI=1S/C24H30BrFN2O3/c1-6-21(23(30)27-24(3,4)5)28(14-17-7-9-18(26)10-8-17)22(29)15-31-19-11-12-20(25)16(2)13-19/h7-13,21H,6,14-15H2,1-5H3,(H,27,30)/t21-/m1/s1. The summed E-state index contributed by atoms with van der Waals surface area (Å²) in [7, 11) is 0. The SMILES string of the molecule is CC[C@H](C(=O)NC(C)(C)C)N(Cc1ccc(F)cc1)C(=O)COc1ccc(Br)c(C)c1. The van der Waals surface area contributed by atoms with E-state index in [1.54, 1.807) is 18.2 Å². The molecular formula is C24H30BrFN2O3. The molecule has 1 atom stereocenters. The number of hydrogen-bond donors (Lipinski definition) is 1. The fraction of sp³-hybridized carbons (Fsp3) is 0.417. The number of halogens is 2. The molecule has 0 heterocycles. The van der Waals surface area contributed by atoms with Crippen LogP contribution in [0, 0.1) is 12.7 Å². The molecule has 0 radical (unpaired) electrons. The number of amides is 2. The van der Waals surface area contributed by atoms with Crippen molar-refractivity contribution in [3.8, 4) is 5.75 Å². The minimum Gasteiger partial charge on any atom is -0.484 e. The molecule has 0 aliphatic heterocycles. The van der Waals surface area contributed by atoms with Gasteiger partial charge in [-0.15, -0.1) is 0 Å². The van der Waals surface area contributed by atoms with E-state index < -0.39 is 11.6 Å². The van der Waals surface area contributed by atoms with E-state index in [1.165, 1.54) is 17.0 Å². The van der Waals surface area contributed by atoms with Crippen LogP contribution < -0.4 is 10.1 Å². The third-order valence-corrected chi connectivity index (χ3v) is 5.53. The van der Waals surface area contributed by atoms with Gasteiger partial charge in [0.15, 0.2) is 6.61 Å². The molecule has 0 unspecified atom stereocenters. The predicted octanol–water partition coefficient (Wildman–Crippen LogP) is 5.00. The van der Waals surface area contributed by atoms with Crippen LogP contribution in [0.5, 0.6) is 5.75 Å². The van der Waals surface area contributed by atoms with Crippen molar-refractivity contribution in [2.45, 2.75) is 59.2 Å². The van der Waals surface area contributed by atoms with E-state index in [0.29, 0.717) is 12.2 Å². The second kappa shape index (κ2) is 10.8. The molecule has 2 rings (SSSR count). The predicted molar refractivity (Wildman–Crippen MR) is 123 cm³/mol. The molecule has 0 spiro atoms. The summed E-state index contributed by atoms with van der Waals surface area (Å²) in [6.07, 6.45) is 0.437. The van der Waals surface area contributed by atoms with E-state index in [0.717, 1.165) is 15.6 Å². The van der Waals surface area contributed by atoms with Gasteiger partial charge in [-0.1, -0.05) is 35.0 Å². The fourth-order valence-corrected chi connectivity index (χ4v) is 3.34. The second-order valence-electron chi connectivity index (χ2n) is 8.51. The van der Waals surface area contributed by atoms with Crippen molar-refractivity contribution in [1.82, 2.24) is 10.2 Å². The topological polar surface area (TPSA) is 58.6 Å². The number of ether oxygens (including phenoxy) is 1. The molecule has 0 aliphatic carbocycles. The van der Waals surface area contributed by atoms with Gasteiger partial charge in [0.1, 0.15) is 17.6 Å². The zero-order chi connectivity index (χ0) is 23.2. The summed E-state index contributed by atoms with van der Waals surface area (Å²) < 4.78 is 20.0. The van der Waals surface area contributed by atoms with Crippen LogP contribution in [-0.2, 0) is 16.1 Å². The normalized spacial score (nSPS) is 12.2. The molecule has 0 saturated heterocycles. The summed E-state index contributed by atoms with van der Waals surface area (Å²) in [6.45, 7) is 9.44. The van der Waals surface area contributed by atoms with E-state index in [1.807, 2.05) is 46.8 Å². The molecule has 2 aromatic rings. The van der Waals surface area contributed by atoms with Crippen LogP contribution in [0.2, 0.25) is 0 Å². The van der Waals surface area contributed by atoms with Gasteiger partial charge in [-0.2, -0.15) is 0 Å². The van der Waals surface area contributed by atoms with Crippen LogP contribution in [-0.4, -0.2) is 34.9 Å². The Kier molecular flexibility index (Phi) is 8.62. The molecule has 0 aliphatic rings. The molecule has 0 bridgehead atoms. The van der Waals surface area contributed by atoms with Crippen molar-refractivity contribution in [2.75, 3.05) is 6.61 Å². The molecule has 168 valence electrons. The summed E-state index contributed by atoms with van der Waals surface area (Å²) in [4.78, 5) is 27.6. The Morgan fingerprint density at radius 3 is 2.35 bits per heavy atom. The highest BCUT2D eigenvalue weighted by molar-refractivity contribution is 9.10.